The predicted octanol–water partition coefficient (Wildman–Crippen LogP) is 3.42. The van der Waals surface area contributed by atoms with Gasteiger partial charge in [-0.25, -0.2) is 8.42 Å². The molecule has 186 valence electrons. The zero-order chi connectivity index (χ0) is 24.8. The van der Waals surface area contributed by atoms with Gasteiger partial charge in [0.2, 0.25) is 5.91 Å². The van der Waals surface area contributed by atoms with Crippen molar-refractivity contribution in [3.63, 3.8) is 0 Å². The van der Waals surface area contributed by atoms with E-state index in [2.05, 4.69) is 29.4 Å². The lowest BCUT2D eigenvalue weighted by molar-refractivity contribution is -0.119. The summed E-state index contributed by atoms with van der Waals surface area (Å²) in [6.45, 7) is 4.41. The number of aromatic nitrogens is 3. The second-order valence-corrected chi connectivity index (χ2v) is 11.8. The van der Waals surface area contributed by atoms with Gasteiger partial charge in [0.1, 0.15) is 12.4 Å². The van der Waals surface area contributed by atoms with Crippen molar-refractivity contribution < 1.29 is 17.9 Å². The van der Waals surface area contributed by atoms with E-state index < -0.39 is 9.84 Å². The van der Waals surface area contributed by atoms with Crippen molar-refractivity contribution in [1.29, 1.82) is 0 Å². The van der Waals surface area contributed by atoms with Crippen molar-refractivity contribution in [3.8, 4) is 5.75 Å². The number of hydrogen-bond donors (Lipinski definition) is 1. The zero-order valence-electron chi connectivity index (χ0n) is 19.9. The molecule has 3 aromatic rings. The topological polar surface area (TPSA) is 103 Å². The second-order valence-electron chi connectivity index (χ2n) is 8.60. The number of benzene rings is 2. The van der Waals surface area contributed by atoms with Gasteiger partial charge in [-0.1, -0.05) is 61.2 Å². The number of aryl methyl sites for hydroxylation is 1. The number of hydrogen-bond acceptors (Lipinski definition) is 7. The standard InChI is InChI=1S/C25H30N4O4S2/c1-3-19-9-11-22(12-10-19)33-15-23-27-28-25(29(23)18(2)20-7-5-4-6-8-20)34-16-24(30)26-21-13-14-35(31,32)17-21/h4-12,18,21H,3,13-17H2,1-2H3,(H,26,30)/t18-,21+/m1/s1. The summed E-state index contributed by atoms with van der Waals surface area (Å²) in [6.07, 6.45) is 1.43. The molecule has 10 heteroatoms. The number of rotatable bonds is 10. The van der Waals surface area contributed by atoms with Crippen molar-refractivity contribution in [2.45, 2.75) is 50.5 Å². The number of amides is 1. The zero-order valence-corrected chi connectivity index (χ0v) is 21.5. The highest BCUT2D eigenvalue weighted by Gasteiger charge is 2.29. The summed E-state index contributed by atoms with van der Waals surface area (Å²) in [5, 5.41) is 12.2. The smallest absolute Gasteiger partial charge is 0.230 e. The Morgan fingerprint density at radius 1 is 1.17 bits per heavy atom. The minimum absolute atomic E-state index is 0.00531. The maximum absolute atomic E-state index is 12.5. The van der Waals surface area contributed by atoms with Gasteiger partial charge in [0.05, 0.1) is 23.3 Å². The van der Waals surface area contributed by atoms with Crippen LogP contribution in [0.25, 0.3) is 0 Å². The predicted molar refractivity (Wildman–Crippen MR) is 136 cm³/mol. The molecule has 2 atom stereocenters. The Bertz CT molecular complexity index is 1240. The molecule has 1 amide bonds. The van der Waals surface area contributed by atoms with Crippen molar-refractivity contribution >= 4 is 27.5 Å². The summed E-state index contributed by atoms with van der Waals surface area (Å²) in [4.78, 5) is 12.5. The highest BCUT2D eigenvalue weighted by Crippen LogP contribution is 2.27. The molecule has 0 spiro atoms. The summed E-state index contributed by atoms with van der Waals surface area (Å²) in [5.74, 6) is 1.45. The van der Waals surface area contributed by atoms with Crippen LogP contribution < -0.4 is 10.1 Å². The van der Waals surface area contributed by atoms with Gasteiger partial charge in [0.25, 0.3) is 0 Å². The number of nitrogens with zero attached hydrogens (tertiary/aromatic N) is 3. The van der Waals surface area contributed by atoms with Crippen LogP contribution in [0.5, 0.6) is 5.75 Å². The van der Waals surface area contributed by atoms with Gasteiger partial charge >= 0.3 is 0 Å². The highest BCUT2D eigenvalue weighted by atomic mass is 32.2. The van der Waals surface area contributed by atoms with E-state index in [4.69, 9.17) is 4.74 Å². The molecule has 0 aliphatic carbocycles. The van der Waals surface area contributed by atoms with Crippen LogP contribution in [0.4, 0.5) is 0 Å². The molecule has 35 heavy (non-hydrogen) atoms. The van der Waals surface area contributed by atoms with Crippen molar-refractivity contribution in [2.75, 3.05) is 17.3 Å². The Kier molecular flexibility index (Phi) is 8.12. The third-order valence-electron chi connectivity index (χ3n) is 6.03. The molecule has 2 heterocycles. The van der Waals surface area contributed by atoms with Crippen LogP contribution in [0.1, 0.15) is 43.3 Å². The van der Waals surface area contributed by atoms with Crippen molar-refractivity contribution in [2.24, 2.45) is 0 Å². The largest absolute Gasteiger partial charge is 0.486 e. The van der Waals surface area contributed by atoms with Crippen molar-refractivity contribution in [1.82, 2.24) is 20.1 Å². The Labute approximate surface area is 210 Å². The minimum atomic E-state index is -3.05. The average Bonchev–Trinajstić information content (AvgIpc) is 3.43. The van der Waals surface area contributed by atoms with Crippen LogP contribution in [0.3, 0.4) is 0 Å². The van der Waals surface area contributed by atoms with Crippen LogP contribution in [-0.4, -0.2) is 52.4 Å². The first-order valence-corrected chi connectivity index (χ1v) is 14.5. The van der Waals surface area contributed by atoms with Gasteiger partial charge in [-0.3, -0.25) is 9.36 Å². The third-order valence-corrected chi connectivity index (χ3v) is 8.74. The number of ether oxygens (including phenoxy) is 1. The van der Waals surface area contributed by atoms with E-state index in [9.17, 15) is 13.2 Å². The maximum Gasteiger partial charge on any atom is 0.230 e. The lowest BCUT2D eigenvalue weighted by Gasteiger charge is -2.19. The fraction of sp³-hybridized carbons (Fsp3) is 0.400. The molecule has 0 radical (unpaired) electrons. The number of carbonyl (C=O) groups excluding carboxylic acids is 1. The SMILES string of the molecule is CCc1ccc(OCc2nnc(SCC(=O)N[C@H]3CCS(=O)(=O)C3)n2[C@H](C)c2ccccc2)cc1. The molecule has 0 saturated carbocycles. The summed E-state index contributed by atoms with van der Waals surface area (Å²) in [5.41, 5.74) is 2.33. The first-order valence-electron chi connectivity index (χ1n) is 11.7. The van der Waals surface area contributed by atoms with Gasteiger partial charge in [0.15, 0.2) is 20.8 Å². The minimum Gasteiger partial charge on any atom is -0.486 e. The van der Waals surface area contributed by atoms with Crippen LogP contribution in [0, 0.1) is 0 Å². The summed E-state index contributed by atoms with van der Waals surface area (Å²) in [6, 6.07) is 17.6. The van der Waals surface area contributed by atoms with Crippen LogP contribution >= 0.6 is 11.8 Å². The number of sulfone groups is 1. The van der Waals surface area contributed by atoms with Crippen LogP contribution in [0.2, 0.25) is 0 Å². The molecule has 0 bridgehead atoms. The van der Waals surface area contributed by atoms with Crippen LogP contribution in [-0.2, 0) is 27.7 Å². The van der Waals surface area contributed by atoms with Gasteiger partial charge in [0, 0.05) is 6.04 Å². The molecule has 1 aromatic heterocycles. The van der Waals surface area contributed by atoms with Crippen molar-refractivity contribution in [3.05, 3.63) is 71.5 Å². The molecule has 1 aliphatic rings. The Balaban J connectivity index is 1.47. The lowest BCUT2D eigenvalue weighted by Crippen LogP contribution is -2.36. The first-order chi connectivity index (χ1) is 16.8. The molecule has 1 fully saturated rings. The molecule has 0 unspecified atom stereocenters. The fourth-order valence-corrected chi connectivity index (χ4v) is 6.57. The number of carbonyl (C=O) groups is 1. The molecule has 4 rings (SSSR count). The van der Waals surface area contributed by atoms with Gasteiger partial charge in [-0.05, 0) is 43.0 Å². The molecule has 1 saturated heterocycles. The molecule has 8 nitrogen and oxygen atoms in total. The summed E-state index contributed by atoms with van der Waals surface area (Å²) in [7, 11) is -3.05. The summed E-state index contributed by atoms with van der Waals surface area (Å²) >= 11 is 1.28. The summed E-state index contributed by atoms with van der Waals surface area (Å²) < 4.78 is 31.3. The monoisotopic (exact) mass is 514 g/mol. The maximum atomic E-state index is 12.5. The molecular formula is C25H30N4O4S2. The highest BCUT2D eigenvalue weighted by molar-refractivity contribution is 7.99. The fourth-order valence-electron chi connectivity index (χ4n) is 4.05. The second kappa shape index (κ2) is 11.3. The van der Waals surface area contributed by atoms with E-state index in [1.165, 1.54) is 17.3 Å². The molecular weight excluding hydrogens is 484 g/mol. The van der Waals surface area contributed by atoms with E-state index in [0.29, 0.717) is 17.4 Å². The van der Waals surface area contributed by atoms with Gasteiger partial charge < -0.3 is 10.1 Å². The lowest BCUT2D eigenvalue weighted by atomic mass is 10.1. The van der Waals surface area contributed by atoms with E-state index in [1.54, 1.807) is 0 Å². The number of thioether (sulfide) groups is 1. The molecule has 1 N–H and O–H groups in total. The van der Waals surface area contributed by atoms with Gasteiger partial charge in [-0.2, -0.15) is 0 Å². The normalized spacial score (nSPS) is 17.7. The Morgan fingerprint density at radius 2 is 1.91 bits per heavy atom. The Hall–Kier alpha value is -2.85. The number of nitrogens with one attached hydrogen (secondary N) is 1. The van der Waals surface area contributed by atoms with E-state index in [1.807, 2.05) is 59.2 Å². The van der Waals surface area contributed by atoms with Crippen LogP contribution in [0.15, 0.2) is 59.8 Å². The Morgan fingerprint density at radius 3 is 2.57 bits per heavy atom. The quantitative estimate of drug-likeness (QED) is 0.414. The third kappa shape index (κ3) is 6.64. The molecule has 2 aromatic carbocycles. The van der Waals surface area contributed by atoms with E-state index >= 15 is 0 Å². The first kappa shape index (κ1) is 25.2. The van der Waals surface area contributed by atoms with E-state index in [-0.39, 0.29) is 41.9 Å². The average molecular weight is 515 g/mol. The van der Waals surface area contributed by atoms with E-state index in [0.717, 1.165) is 17.7 Å². The van der Waals surface area contributed by atoms with Gasteiger partial charge in [-0.15, -0.1) is 10.2 Å². The molecule has 1 aliphatic heterocycles.